The Hall–Kier alpha value is -3.06. The predicted molar refractivity (Wildman–Crippen MR) is 131 cm³/mol. The van der Waals surface area contributed by atoms with Crippen molar-refractivity contribution in [3.8, 4) is 11.5 Å². The van der Waals surface area contributed by atoms with Crippen LogP contribution in [0.25, 0.3) is 0 Å². The number of ether oxygens (including phenoxy) is 2. The normalized spacial score (nSPS) is 19.1. The molecule has 1 saturated heterocycles. The molecule has 0 radical (unpaired) electrons. The van der Waals surface area contributed by atoms with Gasteiger partial charge in [-0.25, -0.2) is 0 Å². The molecule has 4 rings (SSSR count). The first-order valence-corrected chi connectivity index (χ1v) is 11.9. The summed E-state index contributed by atoms with van der Waals surface area (Å²) in [6.45, 7) is 8.47. The van der Waals surface area contributed by atoms with E-state index in [1.54, 1.807) is 18.1 Å². The summed E-state index contributed by atoms with van der Waals surface area (Å²) in [5.74, 6) is 0.548. The molecule has 0 aromatic heterocycles. The van der Waals surface area contributed by atoms with Gasteiger partial charge in [-0.1, -0.05) is 36.4 Å². The molecular formula is C27H35N3O4. The Morgan fingerprint density at radius 2 is 1.71 bits per heavy atom. The zero-order valence-electron chi connectivity index (χ0n) is 20.8. The molecule has 1 N–H and O–H groups in total. The first kappa shape index (κ1) is 24.1. The molecule has 2 aromatic carbocycles. The first-order valence-electron chi connectivity index (χ1n) is 11.9. The molecule has 182 valence electrons. The zero-order chi connectivity index (χ0) is 24.5. The average Bonchev–Trinajstić information content (AvgIpc) is 3.11. The lowest BCUT2D eigenvalue weighted by Gasteiger charge is -2.39. The minimum atomic E-state index is -0.688. The Labute approximate surface area is 202 Å². The Balaban J connectivity index is 1.61. The number of methoxy groups -OCH3 is 2. The number of benzene rings is 2. The van der Waals surface area contributed by atoms with Gasteiger partial charge in [0.05, 0.1) is 19.8 Å². The lowest BCUT2D eigenvalue weighted by molar-refractivity contribution is -0.128. The van der Waals surface area contributed by atoms with Gasteiger partial charge in [0.1, 0.15) is 6.04 Å². The van der Waals surface area contributed by atoms with Crippen molar-refractivity contribution in [3.05, 3.63) is 59.2 Å². The van der Waals surface area contributed by atoms with Gasteiger partial charge in [0.2, 0.25) is 5.91 Å². The van der Waals surface area contributed by atoms with E-state index < -0.39 is 11.6 Å². The number of piperidine rings is 1. The number of carbonyl (C=O) groups excluding carboxylic acids is 2. The van der Waals surface area contributed by atoms with Crippen molar-refractivity contribution in [1.82, 2.24) is 15.1 Å². The molecule has 0 spiro atoms. The third-order valence-electron chi connectivity index (χ3n) is 6.55. The highest BCUT2D eigenvalue weighted by molar-refractivity contribution is 6.07. The van der Waals surface area contributed by atoms with Crippen LogP contribution in [0.4, 0.5) is 0 Å². The Kier molecular flexibility index (Phi) is 6.84. The molecule has 2 amide bonds. The van der Waals surface area contributed by atoms with Crippen LogP contribution in [0.3, 0.4) is 0 Å². The molecule has 34 heavy (non-hydrogen) atoms. The molecule has 2 aliphatic heterocycles. The standard InChI is InChI=1S/C27H35N3O4/c1-27(2,3)28-25(31)23-20-11-12-21(33-4)24(34-5)22(20)26(32)30(23)19-13-15-29(16-14-19)17-18-9-7-6-8-10-18/h6-12,19,23H,13-17H2,1-5H3,(H,28,31). The molecule has 2 heterocycles. The van der Waals surface area contributed by atoms with E-state index in [4.69, 9.17) is 9.47 Å². The minimum Gasteiger partial charge on any atom is -0.493 e. The van der Waals surface area contributed by atoms with Gasteiger partial charge < -0.3 is 19.7 Å². The number of hydrogen-bond donors (Lipinski definition) is 1. The molecule has 1 fully saturated rings. The zero-order valence-corrected chi connectivity index (χ0v) is 20.8. The van der Waals surface area contributed by atoms with Crippen molar-refractivity contribution < 1.29 is 19.1 Å². The molecule has 1 atom stereocenters. The average molecular weight is 466 g/mol. The van der Waals surface area contributed by atoms with Crippen LogP contribution in [0.1, 0.15) is 61.1 Å². The molecule has 1 unspecified atom stereocenters. The summed E-state index contributed by atoms with van der Waals surface area (Å²) in [4.78, 5) is 31.5. The van der Waals surface area contributed by atoms with Crippen molar-refractivity contribution in [2.24, 2.45) is 0 Å². The molecular weight excluding hydrogens is 430 g/mol. The molecule has 0 aliphatic carbocycles. The SMILES string of the molecule is COc1ccc2c(c1OC)C(=O)N(C1CCN(Cc3ccccc3)CC1)C2C(=O)NC(C)(C)C. The topological polar surface area (TPSA) is 71.1 Å². The number of likely N-dealkylation sites (tertiary alicyclic amines) is 1. The monoisotopic (exact) mass is 465 g/mol. The van der Waals surface area contributed by atoms with Gasteiger partial charge >= 0.3 is 0 Å². The van der Waals surface area contributed by atoms with Crippen molar-refractivity contribution >= 4 is 11.8 Å². The Morgan fingerprint density at radius 1 is 1.03 bits per heavy atom. The molecule has 2 aromatic rings. The fourth-order valence-corrected chi connectivity index (χ4v) is 5.07. The summed E-state index contributed by atoms with van der Waals surface area (Å²) in [6.07, 6.45) is 1.62. The van der Waals surface area contributed by atoms with Crippen LogP contribution >= 0.6 is 0 Å². The van der Waals surface area contributed by atoms with Crippen molar-refractivity contribution in [2.75, 3.05) is 27.3 Å². The second-order valence-electron chi connectivity index (χ2n) is 10.1. The van der Waals surface area contributed by atoms with Crippen LogP contribution in [0, 0.1) is 0 Å². The van der Waals surface area contributed by atoms with Gasteiger partial charge in [0.25, 0.3) is 5.91 Å². The van der Waals surface area contributed by atoms with E-state index in [0.29, 0.717) is 22.6 Å². The van der Waals surface area contributed by atoms with Crippen LogP contribution < -0.4 is 14.8 Å². The van der Waals surface area contributed by atoms with E-state index in [1.807, 2.05) is 32.9 Å². The van der Waals surface area contributed by atoms with Crippen LogP contribution in [-0.4, -0.2) is 60.5 Å². The second kappa shape index (κ2) is 9.66. The van der Waals surface area contributed by atoms with Gasteiger partial charge in [-0.2, -0.15) is 0 Å². The van der Waals surface area contributed by atoms with Crippen molar-refractivity contribution in [2.45, 2.75) is 57.8 Å². The van der Waals surface area contributed by atoms with Gasteiger partial charge in [0, 0.05) is 36.8 Å². The Bertz CT molecular complexity index is 1040. The summed E-state index contributed by atoms with van der Waals surface area (Å²) in [5, 5.41) is 3.08. The van der Waals surface area contributed by atoms with Crippen LogP contribution in [0.15, 0.2) is 42.5 Å². The van der Waals surface area contributed by atoms with Crippen LogP contribution in [0.5, 0.6) is 11.5 Å². The summed E-state index contributed by atoms with van der Waals surface area (Å²) in [6, 6.07) is 13.3. The minimum absolute atomic E-state index is 0.0293. The van der Waals surface area contributed by atoms with E-state index >= 15 is 0 Å². The number of nitrogens with zero attached hydrogens (tertiary/aromatic N) is 2. The number of nitrogens with one attached hydrogen (secondary N) is 1. The molecule has 2 aliphatic rings. The number of amides is 2. The largest absolute Gasteiger partial charge is 0.493 e. The van der Waals surface area contributed by atoms with E-state index in [2.05, 4.69) is 34.5 Å². The number of rotatable bonds is 6. The summed E-state index contributed by atoms with van der Waals surface area (Å²) >= 11 is 0. The van der Waals surface area contributed by atoms with Crippen molar-refractivity contribution in [3.63, 3.8) is 0 Å². The van der Waals surface area contributed by atoms with Crippen LogP contribution in [0.2, 0.25) is 0 Å². The lowest BCUT2D eigenvalue weighted by atomic mass is 9.98. The summed E-state index contributed by atoms with van der Waals surface area (Å²) in [7, 11) is 3.08. The van der Waals surface area contributed by atoms with E-state index in [0.717, 1.165) is 32.5 Å². The molecule has 7 nitrogen and oxygen atoms in total. The quantitative estimate of drug-likeness (QED) is 0.703. The van der Waals surface area contributed by atoms with Crippen molar-refractivity contribution in [1.29, 1.82) is 0 Å². The third-order valence-corrected chi connectivity index (χ3v) is 6.55. The van der Waals surface area contributed by atoms with E-state index in [9.17, 15) is 9.59 Å². The predicted octanol–water partition coefficient (Wildman–Crippen LogP) is 3.78. The number of hydrogen-bond acceptors (Lipinski definition) is 5. The van der Waals surface area contributed by atoms with Gasteiger partial charge in [-0.3, -0.25) is 14.5 Å². The first-order chi connectivity index (χ1) is 16.2. The summed E-state index contributed by atoms with van der Waals surface area (Å²) < 4.78 is 11.0. The van der Waals surface area contributed by atoms with Gasteiger partial charge in [-0.15, -0.1) is 0 Å². The molecule has 0 bridgehead atoms. The van der Waals surface area contributed by atoms with Gasteiger partial charge in [0.15, 0.2) is 11.5 Å². The molecule has 0 saturated carbocycles. The maximum absolute atomic E-state index is 13.8. The second-order valence-corrected chi connectivity index (χ2v) is 10.1. The smallest absolute Gasteiger partial charge is 0.259 e. The highest BCUT2D eigenvalue weighted by Gasteiger charge is 2.47. The van der Waals surface area contributed by atoms with E-state index in [-0.39, 0.29) is 17.9 Å². The highest BCUT2D eigenvalue weighted by Crippen LogP contribution is 2.45. The maximum Gasteiger partial charge on any atom is 0.259 e. The fraction of sp³-hybridized carbons (Fsp3) is 0.481. The number of carbonyl (C=O) groups is 2. The Morgan fingerprint density at radius 3 is 2.29 bits per heavy atom. The lowest BCUT2D eigenvalue weighted by Crippen LogP contribution is -2.51. The third kappa shape index (κ3) is 4.75. The summed E-state index contributed by atoms with van der Waals surface area (Å²) in [5.41, 5.74) is 1.98. The number of fused-ring (bicyclic) bond motifs is 1. The van der Waals surface area contributed by atoms with Crippen LogP contribution in [-0.2, 0) is 11.3 Å². The van der Waals surface area contributed by atoms with E-state index in [1.165, 1.54) is 12.7 Å². The maximum atomic E-state index is 13.8. The highest BCUT2D eigenvalue weighted by atomic mass is 16.5. The molecule has 7 heteroatoms. The van der Waals surface area contributed by atoms with Gasteiger partial charge in [-0.05, 0) is 45.2 Å². The fourth-order valence-electron chi connectivity index (χ4n) is 5.07.